The van der Waals surface area contributed by atoms with Crippen molar-refractivity contribution >= 4 is 17.7 Å². The predicted molar refractivity (Wildman–Crippen MR) is 81.0 cm³/mol. The van der Waals surface area contributed by atoms with Crippen LogP contribution in [0, 0.1) is 5.92 Å². The van der Waals surface area contributed by atoms with E-state index in [4.69, 9.17) is 5.73 Å². The van der Waals surface area contributed by atoms with Crippen molar-refractivity contribution in [2.24, 2.45) is 11.7 Å². The summed E-state index contributed by atoms with van der Waals surface area (Å²) in [6.07, 6.45) is 0.804. The molecule has 0 aliphatic rings. The Bertz CT molecular complexity index is 394. The van der Waals surface area contributed by atoms with Crippen LogP contribution in [0.5, 0.6) is 0 Å². The highest BCUT2D eigenvalue weighted by Crippen LogP contribution is 2.05. The Morgan fingerprint density at radius 1 is 1.10 bits per heavy atom. The minimum Gasteiger partial charge on any atom is -0.401 e. The standard InChI is InChI=1S/C14H26N4O3/c1-5-12(19)16-8-13(20)18-11(6-9(2)3)14(21)17-7-10(4)15/h9,11H,4-8,15H2,1-3H3,(H,16,19)(H,17,21)(H,18,20). The zero-order chi connectivity index (χ0) is 16.4. The normalized spacial score (nSPS) is 11.6. The Hall–Kier alpha value is -2.05. The molecule has 1 unspecified atom stereocenters. The van der Waals surface area contributed by atoms with Gasteiger partial charge in [0, 0.05) is 12.1 Å². The van der Waals surface area contributed by atoms with Crippen molar-refractivity contribution in [1.82, 2.24) is 16.0 Å². The largest absolute Gasteiger partial charge is 0.401 e. The molecule has 0 rings (SSSR count). The Labute approximate surface area is 125 Å². The van der Waals surface area contributed by atoms with Crippen molar-refractivity contribution in [2.45, 2.75) is 39.7 Å². The molecule has 0 spiro atoms. The van der Waals surface area contributed by atoms with E-state index in [1.807, 2.05) is 13.8 Å². The van der Waals surface area contributed by atoms with Gasteiger partial charge >= 0.3 is 0 Å². The smallest absolute Gasteiger partial charge is 0.242 e. The summed E-state index contributed by atoms with van der Waals surface area (Å²) in [4.78, 5) is 34.9. The first kappa shape index (κ1) is 18.9. The van der Waals surface area contributed by atoms with E-state index < -0.39 is 11.9 Å². The molecule has 0 heterocycles. The second-order valence-corrected chi connectivity index (χ2v) is 5.26. The van der Waals surface area contributed by atoms with Gasteiger partial charge in [-0.05, 0) is 12.3 Å². The van der Waals surface area contributed by atoms with Crippen LogP contribution in [-0.2, 0) is 14.4 Å². The van der Waals surface area contributed by atoms with Gasteiger partial charge in [0.15, 0.2) is 0 Å². The summed E-state index contributed by atoms with van der Waals surface area (Å²) in [6.45, 7) is 9.12. The second-order valence-electron chi connectivity index (χ2n) is 5.26. The molecule has 120 valence electrons. The molecule has 0 aromatic heterocycles. The summed E-state index contributed by atoms with van der Waals surface area (Å²) >= 11 is 0. The van der Waals surface area contributed by atoms with Gasteiger partial charge in [-0.15, -0.1) is 0 Å². The Morgan fingerprint density at radius 2 is 1.71 bits per heavy atom. The predicted octanol–water partition coefficient (Wildman–Crippen LogP) is -0.368. The number of hydrogen-bond acceptors (Lipinski definition) is 4. The number of nitrogens with two attached hydrogens (primary N) is 1. The first-order chi connectivity index (χ1) is 9.76. The third-order valence-corrected chi connectivity index (χ3v) is 2.62. The van der Waals surface area contributed by atoms with Crippen LogP contribution in [0.25, 0.3) is 0 Å². The monoisotopic (exact) mass is 298 g/mol. The average Bonchev–Trinajstić information content (AvgIpc) is 2.40. The van der Waals surface area contributed by atoms with Gasteiger partial charge in [-0.2, -0.15) is 0 Å². The molecule has 0 saturated heterocycles. The summed E-state index contributed by atoms with van der Waals surface area (Å²) in [5, 5.41) is 7.68. The van der Waals surface area contributed by atoms with Crippen LogP contribution in [0.1, 0.15) is 33.6 Å². The summed E-state index contributed by atoms with van der Waals surface area (Å²) in [6, 6.07) is -0.657. The second kappa shape index (κ2) is 9.79. The van der Waals surface area contributed by atoms with Crippen molar-refractivity contribution in [3.05, 3.63) is 12.3 Å². The average molecular weight is 298 g/mol. The zero-order valence-electron chi connectivity index (χ0n) is 13.0. The molecule has 21 heavy (non-hydrogen) atoms. The number of hydrogen-bond donors (Lipinski definition) is 4. The summed E-state index contributed by atoms with van der Waals surface area (Å²) in [5.41, 5.74) is 5.74. The topological polar surface area (TPSA) is 113 Å². The fraction of sp³-hybridized carbons (Fsp3) is 0.643. The van der Waals surface area contributed by atoms with Gasteiger partial charge in [-0.3, -0.25) is 14.4 Å². The molecule has 0 aromatic carbocycles. The summed E-state index contributed by atoms with van der Waals surface area (Å²) in [7, 11) is 0. The van der Waals surface area contributed by atoms with Gasteiger partial charge in [0.1, 0.15) is 6.04 Å². The highest BCUT2D eigenvalue weighted by atomic mass is 16.2. The minimum atomic E-state index is -0.657. The molecular weight excluding hydrogens is 272 g/mol. The SMILES string of the molecule is C=C(N)CNC(=O)C(CC(C)C)NC(=O)CNC(=O)CC. The van der Waals surface area contributed by atoms with Gasteiger partial charge in [-0.1, -0.05) is 27.4 Å². The maximum absolute atomic E-state index is 12.0. The van der Waals surface area contributed by atoms with Crippen molar-refractivity contribution in [2.75, 3.05) is 13.1 Å². The van der Waals surface area contributed by atoms with E-state index >= 15 is 0 Å². The Kier molecular flexibility index (Phi) is 8.84. The fourth-order valence-corrected chi connectivity index (χ4v) is 1.58. The molecule has 7 nitrogen and oxygen atoms in total. The van der Waals surface area contributed by atoms with Crippen molar-refractivity contribution in [1.29, 1.82) is 0 Å². The van der Waals surface area contributed by atoms with E-state index in [-0.39, 0.29) is 30.8 Å². The van der Waals surface area contributed by atoms with E-state index in [0.29, 0.717) is 18.5 Å². The van der Waals surface area contributed by atoms with Crippen LogP contribution in [-0.4, -0.2) is 36.9 Å². The maximum atomic E-state index is 12.0. The van der Waals surface area contributed by atoms with E-state index in [9.17, 15) is 14.4 Å². The van der Waals surface area contributed by atoms with Gasteiger partial charge in [-0.25, -0.2) is 0 Å². The van der Waals surface area contributed by atoms with Crippen molar-refractivity contribution < 1.29 is 14.4 Å². The quantitative estimate of drug-likeness (QED) is 0.465. The first-order valence-electron chi connectivity index (χ1n) is 7.03. The minimum absolute atomic E-state index is 0.141. The van der Waals surface area contributed by atoms with Crippen LogP contribution in [0.3, 0.4) is 0 Å². The molecule has 5 N–H and O–H groups in total. The lowest BCUT2D eigenvalue weighted by molar-refractivity contribution is -0.130. The van der Waals surface area contributed by atoms with Crippen LogP contribution in [0.4, 0.5) is 0 Å². The van der Waals surface area contributed by atoms with Crippen LogP contribution in [0.15, 0.2) is 12.3 Å². The lowest BCUT2D eigenvalue weighted by Gasteiger charge is -2.20. The van der Waals surface area contributed by atoms with Gasteiger partial charge in [0.05, 0.1) is 13.1 Å². The van der Waals surface area contributed by atoms with Crippen LogP contribution < -0.4 is 21.7 Å². The van der Waals surface area contributed by atoms with Crippen LogP contribution >= 0.6 is 0 Å². The highest BCUT2D eigenvalue weighted by Gasteiger charge is 2.21. The van der Waals surface area contributed by atoms with Crippen molar-refractivity contribution in [3.8, 4) is 0 Å². The Balaban J connectivity index is 4.46. The van der Waals surface area contributed by atoms with E-state index in [2.05, 4.69) is 22.5 Å². The van der Waals surface area contributed by atoms with Crippen molar-refractivity contribution in [3.63, 3.8) is 0 Å². The molecule has 0 radical (unpaired) electrons. The molecule has 0 bridgehead atoms. The molecule has 0 aliphatic heterocycles. The molecule has 0 aromatic rings. The van der Waals surface area contributed by atoms with E-state index in [1.54, 1.807) is 6.92 Å². The van der Waals surface area contributed by atoms with Gasteiger partial charge in [0.2, 0.25) is 17.7 Å². The Morgan fingerprint density at radius 3 is 2.19 bits per heavy atom. The number of carbonyl (C=O) groups is 3. The fourth-order valence-electron chi connectivity index (χ4n) is 1.58. The molecule has 1 atom stereocenters. The zero-order valence-corrected chi connectivity index (χ0v) is 13.0. The molecule has 3 amide bonds. The summed E-state index contributed by atoms with van der Waals surface area (Å²) < 4.78 is 0. The van der Waals surface area contributed by atoms with E-state index in [0.717, 1.165) is 0 Å². The van der Waals surface area contributed by atoms with Gasteiger partial charge in [0.25, 0.3) is 0 Å². The summed E-state index contributed by atoms with van der Waals surface area (Å²) in [5.74, 6) is -0.698. The van der Waals surface area contributed by atoms with E-state index in [1.165, 1.54) is 0 Å². The number of nitrogens with one attached hydrogen (secondary N) is 3. The lowest BCUT2D eigenvalue weighted by Crippen LogP contribution is -2.50. The molecule has 0 fully saturated rings. The highest BCUT2D eigenvalue weighted by molar-refractivity contribution is 5.90. The molecule has 0 saturated carbocycles. The number of carbonyl (C=O) groups excluding carboxylic acids is 3. The molecule has 7 heteroatoms. The lowest BCUT2D eigenvalue weighted by atomic mass is 10.0. The third-order valence-electron chi connectivity index (χ3n) is 2.62. The molecular formula is C14H26N4O3. The molecule has 0 aliphatic carbocycles. The number of amides is 3. The third kappa shape index (κ3) is 9.48. The van der Waals surface area contributed by atoms with Crippen LogP contribution in [0.2, 0.25) is 0 Å². The van der Waals surface area contributed by atoms with Gasteiger partial charge < -0.3 is 21.7 Å². The number of rotatable bonds is 9. The maximum Gasteiger partial charge on any atom is 0.242 e. The first-order valence-corrected chi connectivity index (χ1v) is 7.03.